The predicted octanol–water partition coefficient (Wildman–Crippen LogP) is 3.54. The van der Waals surface area contributed by atoms with Crippen molar-refractivity contribution in [3.63, 3.8) is 0 Å². The first-order valence-corrected chi connectivity index (χ1v) is 10.5. The lowest BCUT2D eigenvalue weighted by molar-refractivity contribution is -0.177. The number of esters is 1. The van der Waals surface area contributed by atoms with Gasteiger partial charge in [0.25, 0.3) is 11.8 Å². The van der Waals surface area contributed by atoms with Gasteiger partial charge >= 0.3 is 12.1 Å². The fraction of sp³-hybridized carbons (Fsp3) is 0.545. The van der Waals surface area contributed by atoms with E-state index in [-0.39, 0.29) is 31.3 Å². The summed E-state index contributed by atoms with van der Waals surface area (Å²) in [5.74, 6) is -1.44. The van der Waals surface area contributed by atoms with E-state index in [9.17, 15) is 19.2 Å². The van der Waals surface area contributed by atoms with Gasteiger partial charge in [0.05, 0.1) is 12.5 Å². The molecular formula is C22H29NO8. The molecule has 2 rings (SSSR count). The Hall–Kier alpha value is -2.94. The third-order valence-electron chi connectivity index (χ3n) is 4.58. The van der Waals surface area contributed by atoms with Gasteiger partial charge in [0, 0.05) is 19.4 Å². The number of hydrogen-bond donors (Lipinski definition) is 0. The van der Waals surface area contributed by atoms with Crippen LogP contribution >= 0.6 is 0 Å². The van der Waals surface area contributed by atoms with E-state index in [4.69, 9.17) is 14.2 Å². The summed E-state index contributed by atoms with van der Waals surface area (Å²) in [5, 5.41) is 0.421. The van der Waals surface area contributed by atoms with Gasteiger partial charge in [-0.15, -0.1) is 0 Å². The summed E-state index contributed by atoms with van der Waals surface area (Å²) in [4.78, 5) is 51.6. The van der Waals surface area contributed by atoms with Crippen molar-refractivity contribution in [3.05, 3.63) is 29.8 Å². The zero-order valence-corrected chi connectivity index (χ0v) is 18.0. The first-order valence-electron chi connectivity index (χ1n) is 10.5. The van der Waals surface area contributed by atoms with Crippen LogP contribution in [-0.4, -0.2) is 42.2 Å². The third kappa shape index (κ3) is 8.01. The van der Waals surface area contributed by atoms with Gasteiger partial charge in [0.1, 0.15) is 12.4 Å². The largest absolute Gasteiger partial charge is 0.534 e. The summed E-state index contributed by atoms with van der Waals surface area (Å²) >= 11 is 0. The summed E-state index contributed by atoms with van der Waals surface area (Å²) in [5.41, 5.74) is 0.615. The predicted molar refractivity (Wildman–Crippen MR) is 109 cm³/mol. The summed E-state index contributed by atoms with van der Waals surface area (Å²) in [6, 6.07) is 6.46. The van der Waals surface area contributed by atoms with Crippen molar-refractivity contribution < 1.29 is 38.2 Å². The second kappa shape index (κ2) is 12.7. The molecule has 2 amide bonds. The molecule has 1 heterocycles. The lowest BCUT2D eigenvalue weighted by Crippen LogP contribution is -2.32. The molecule has 9 nitrogen and oxygen atoms in total. The molecule has 1 atom stereocenters. The number of carbonyl (C=O) groups is 4. The minimum atomic E-state index is -1.15. The molecule has 9 heteroatoms. The van der Waals surface area contributed by atoms with Crippen LogP contribution in [0.4, 0.5) is 4.79 Å². The zero-order valence-electron chi connectivity index (χ0n) is 18.0. The van der Waals surface area contributed by atoms with Crippen molar-refractivity contribution in [2.75, 3.05) is 13.2 Å². The molecule has 0 spiro atoms. The van der Waals surface area contributed by atoms with Gasteiger partial charge in [-0.25, -0.2) is 4.79 Å². The van der Waals surface area contributed by atoms with Crippen LogP contribution in [0.2, 0.25) is 0 Å². The Morgan fingerprint density at radius 2 is 1.71 bits per heavy atom. The number of rotatable bonds is 12. The molecule has 1 aliphatic rings. The van der Waals surface area contributed by atoms with Gasteiger partial charge in [-0.2, -0.15) is 0 Å². The molecule has 0 saturated carbocycles. The van der Waals surface area contributed by atoms with E-state index < -0.39 is 18.0 Å². The Balaban J connectivity index is 1.81. The molecule has 170 valence electrons. The molecule has 31 heavy (non-hydrogen) atoms. The molecule has 0 aliphatic carbocycles. The second-order valence-corrected chi connectivity index (χ2v) is 7.19. The van der Waals surface area contributed by atoms with Crippen molar-refractivity contribution >= 4 is 23.9 Å². The maximum absolute atomic E-state index is 12.5. The Morgan fingerprint density at radius 1 is 1.03 bits per heavy atom. The molecule has 0 aromatic heterocycles. The quantitative estimate of drug-likeness (QED) is 0.212. The van der Waals surface area contributed by atoms with E-state index >= 15 is 0 Å². The highest BCUT2D eigenvalue weighted by atomic mass is 16.8. The Labute approximate surface area is 181 Å². The number of ether oxygens (including phenoxy) is 3. The summed E-state index contributed by atoms with van der Waals surface area (Å²) < 4.78 is 15.9. The van der Waals surface area contributed by atoms with Gasteiger partial charge in [0.2, 0.25) is 0 Å². The van der Waals surface area contributed by atoms with Gasteiger partial charge in [-0.1, -0.05) is 43.9 Å². The fourth-order valence-corrected chi connectivity index (χ4v) is 2.84. The highest BCUT2D eigenvalue weighted by Gasteiger charge is 2.33. The lowest BCUT2D eigenvalue weighted by Gasteiger charge is -2.16. The van der Waals surface area contributed by atoms with Crippen molar-refractivity contribution in [1.29, 1.82) is 0 Å². The van der Waals surface area contributed by atoms with Gasteiger partial charge in [0.15, 0.2) is 0 Å². The highest BCUT2D eigenvalue weighted by molar-refractivity contribution is 6.01. The van der Waals surface area contributed by atoms with Crippen LogP contribution in [0.3, 0.4) is 0 Å². The monoisotopic (exact) mass is 435 g/mol. The minimum Gasteiger partial charge on any atom is -0.428 e. The maximum atomic E-state index is 12.5. The average Bonchev–Trinajstić information content (AvgIpc) is 3.07. The van der Waals surface area contributed by atoms with Crippen molar-refractivity contribution in [1.82, 2.24) is 5.06 Å². The summed E-state index contributed by atoms with van der Waals surface area (Å²) in [7, 11) is 0. The van der Waals surface area contributed by atoms with E-state index in [1.165, 1.54) is 0 Å². The molecule has 1 unspecified atom stereocenters. The number of unbranched alkanes of at least 4 members (excludes halogenated alkanes) is 1. The van der Waals surface area contributed by atoms with Crippen LogP contribution in [0.5, 0.6) is 5.75 Å². The number of hydrogen-bond acceptors (Lipinski definition) is 8. The Morgan fingerprint density at radius 3 is 2.32 bits per heavy atom. The SMILES string of the molecule is CCCCC(COCCC)C(=O)Oc1ccc(COC(=O)ON2C(=O)CCC2=O)cc1. The molecule has 0 radical (unpaired) electrons. The fourth-order valence-electron chi connectivity index (χ4n) is 2.84. The average molecular weight is 435 g/mol. The summed E-state index contributed by atoms with van der Waals surface area (Å²) in [6.45, 7) is 4.88. The van der Waals surface area contributed by atoms with E-state index in [2.05, 4.69) is 11.8 Å². The number of carbonyl (C=O) groups excluding carboxylic acids is 4. The smallest absolute Gasteiger partial charge is 0.428 e. The number of imide groups is 1. The van der Waals surface area contributed by atoms with E-state index in [1.807, 2.05) is 6.92 Å². The van der Waals surface area contributed by atoms with Crippen molar-refractivity contribution in [2.45, 2.75) is 59.0 Å². The normalized spacial score (nSPS) is 14.5. The topological polar surface area (TPSA) is 108 Å². The van der Waals surface area contributed by atoms with Crippen LogP contribution in [0, 0.1) is 5.92 Å². The molecule has 0 bridgehead atoms. The minimum absolute atomic E-state index is 0.0102. The van der Waals surface area contributed by atoms with Crippen molar-refractivity contribution in [3.8, 4) is 5.75 Å². The number of benzene rings is 1. The highest BCUT2D eigenvalue weighted by Crippen LogP contribution is 2.18. The van der Waals surface area contributed by atoms with Crippen LogP contribution in [0.25, 0.3) is 0 Å². The molecule has 1 aliphatic heterocycles. The zero-order chi connectivity index (χ0) is 22.6. The lowest BCUT2D eigenvalue weighted by atomic mass is 10.0. The summed E-state index contributed by atoms with van der Waals surface area (Å²) in [6.07, 6.45) is 2.36. The first kappa shape index (κ1) is 24.3. The molecule has 1 saturated heterocycles. The molecule has 1 aromatic carbocycles. The molecule has 0 N–H and O–H groups in total. The molecular weight excluding hydrogens is 406 g/mol. The third-order valence-corrected chi connectivity index (χ3v) is 4.58. The second-order valence-electron chi connectivity index (χ2n) is 7.19. The van der Waals surface area contributed by atoms with Crippen LogP contribution in [0.15, 0.2) is 24.3 Å². The van der Waals surface area contributed by atoms with Gasteiger partial charge in [-0.05, 0) is 30.5 Å². The Bertz CT molecular complexity index is 745. The van der Waals surface area contributed by atoms with Crippen molar-refractivity contribution in [2.24, 2.45) is 5.92 Å². The maximum Gasteiger partial charge on any atom is 0.534 e. The van der Waals surface area contributed by atoms with Gasteiger partial charge < -0.3 is 14.2 Å². The number of nitrogens with zero attached hydrogens (tertiary/aromatic N) is 1. The molecule has 1 aromatic rings. The van der Waals surface area contributed by atoms with Crippen LogP contribution in [0.1, 0.15) is 57.9 Å². The molecule has 1 fully saturated rings. The van der Waals surface area contributed by atoms with Crippen LogP contribution < -0.4 is 4.74 Å². The standard InChI is InChI=1S/C22H29NO8/c1-3-5-6-17(15-28-13-4-2)21(26)30-18-9-7-16(8-10-18)14-29-22(27)31-23-19(24)11-12-20(23)25/h7-10,17H,3-6,11-15H2,1-2H3. The first-order chi connectivity index (χ1) is 14.9. The van der Waals surface area contributed by atoms with E-state index in [0.717, 1.165) is 19.3 Å². The number of amides is 2. The Kier molecular flexibility index (Phi) is 9.96. The number of hydroxylamine groups is 2. The van der Waals surface area contributed by atoms with E-state index in [1.54, 1.807) is 24.3 Å². The van der Waals surface area contributed by atoms with Crippen LogP contribution in [-0.2, 0) is 35.3 Å². The van der Waals surface area contributed by atoms with E-state index in [0.29, 0.717) is 36.0 Å². The van der Waals surface area contributed by atoms with Gasteiger partial charge in [-0.3, -0.25) is 19.2 Å².